The quantitative estimate of drug-likeness (QED) is 0.705. The van der Waals surface area contributed by atoms with Crippen molar-refractivity contribution in [2.45, 2.75) is 18.6 Å². The highest BCUT2D eigenvalue weighted by molar-refractivity contribution is 5.82. The van der Waals surface area contributed by atoms with Gasteiger partial charge in [-0.15, -0.1) is 0 Å². The molecule has 0 unspecified atom stereocenters. The van der Waals surface area contributed by atoms with Crippen molar-refractivity contribution in [3.05, 3.63) is 34.5 Å². The summed E-state index contributed by atoms with van der Waals surface area (Å²) in [7, 11) is 0. The number of carboxylic acid groups (broad SMARTS) is 1. The molecule has 8 nitrogen and oxygen atoms in total. The van der Waals surface area contributed by atoms with Gasteiger partial charge in [-0.1, -0.05) is 0 Å². The monoisotopic (exact) mass is 432 g/mol. The van der Waals surface area contributed by atoms with Crippen LogP contribution in [0.25, 0.3) is 11.0 Å². The summed E-state index contributed by atoms with van der Waals surface area (Å²) >= 11 is 0. The lowest BCUT2D eigenvalue weighted by atomic mass is 10.1. The molecule has 4 heterocycles. The third-order valence-electron chi connectivity index (χ3n) is 5.05. The second-order valence-corrected chi connectivity index (χ2v) is 7.13. The molecule has 164 valence electrons. The van der Waals surface area contributed by atoms with E-state index in [0.717, 1.165) is 25.7 Å². The van der Waals surface area contributed by atoms with E-state index >= 15 is 0 Å². The van der Waals surface area contributed by atoms with E-state index in [9.17, 15) is 22.4 Å². The van der Waals surface area contributed by atoms with Crippen molar-refractivity contribution in [2.24, 2.45) is 11.7 Å². The molecule has 0 spiro atoms. The van der Waals surface area contributed by atoms with Crippen LogP contribution in [-0.4, -0.2) is 64.5 Å². The number of aliphatic carboxylic acids is 1. The number of ether oxygens (including phenoxy) is 1. The Morgan fingerprint density at radius 1 is 1.37 bits per heavy atom. The normalized spacial score (nSPS) is 21.1. The van der Waals surface area contributed by atoms with Crippen LogP contribution in [0.4, 0.5) is 17.6 Å². The first-order valence-corrected chi connectivity index (χ1v) is 9.17. The molecule has 3 N–H and O–H groups in total. The van der Waals surface area contributed by atoms with Gasteiger partial charge in [0.25, 0.3) is 5.56 Å². The van der Waals surface area contributed by atoms with Crippen LogP contribution in [0.5, 0.6) is 5.75 Å². The lowest BCUT2D eigenvalue weighted by Gasteiger charge is -2.30. The number of carbonyl (C=O) groups is 1. The number of nitrogens with two attached hydrogens (primary N) is 1. The smallest absolute Gasteiger partial charge is 0.486 e. The molecular formula is C18H20F4N4O4. The number of halogens is 4. The Balaban J connectivity index is 0.000000318. The summed E-state index contributed by atoms with van der Waals surface area (Å²) in [5.74, 6) is -2.64. The van der Waals surface area contributed by atoms with Crippen molar-refractivity contribution in [3.63, 3.8) is 0 Å². The molecule has 2 aliphatic heterocycles. The average Bonchev–Trinajstić information content (AvgIpc) is 3.14. The fraction of sp³-hybridized carbons (Fsp3) is 0.500. The maximum absolute atomic E-state index is 14.0. The van der Waals surface area contributed by atoms with Gasteiger partial charge in [-0.3, -0.25) is 14.3 Å². The van der Waals surface area contributed by atoms with Gasteiger partial charge in [0.1, 0.15) is 12.1 Å². The van der Waals surface area contributed by atoms with Gasteiger partial charge in [-0.25, -0.2) is 9.18 Å². The molecule has 0 saturated carbocycles. The minimum Gasteiger partial charge on any atom is -0.486 e. The number of rotatable bonds is 3. The van der Waals surface area contributed by atoms with Crippen molar-refractivity contribution in [1.82, 2.24) is 14.5 Å². The number of hydrogen-bond donors (Lipinski definition) is 2. The van der Waals surface area contributed by atoms with Crippen LogP contribution in [-0.2, 0) is 4.79 Å². The van der Waals surface area contributed by atoms with Crippen LogP contribution in [0.1, 0.15) is 12.5 Å². The summed E-state index contributed by atoms with van der Waals surface area (Å²) in [5, 5.41) is 7.12. The standard InChI is InChI=1S/C16H19FN4O2.C2HF3O2/c17-12-6-19-13-1-2-14(22)21-11(9-23-16(12)15(13)21)8-20-4-3-10(5-18)7-20;3-2(4,5)1(6)7/h1-2,6,10-11H,3-5,7-9,18H2;(H,6,7)/t10-,11-;/m1./s1. The first kappa shape index (κ1) is 22.0. The lowest BCUT2D eigenvalue weighted by molar-refractivity contribution is -0.192. The fourth-order valence-corrected chi connectivity index (χ4v) is 3.63. The zero-order valence-electron chi connectivity index (χ0n) is 15.7. The van der Waals surface area contributed by atoms with Crippen LogP contribution in [0.3, 0.4) is 0 Å². The second-order valence-electron chi connectivity index (χ2n) is 7.13. The molecule has 2 aliphatic rings. The highest BCUT2D eigenvalue weighted by Crippen LogP contribution is 2.33. The highest BCUT2D eigenvalue weighted by atomic mass is 19.4. The number of nitrogens with zero attached hydrogens (tertiary/aromatic N) is 3. The molecule has 30 heavy (non-hydrogen) atoms. The van der Waals surface area contributed by atoms with Crippen LogP contribution >= 0.6 is 0 Å². The molecular weight excluding hydrogens is 412 g/mol. The number of pyridine rings is 2. The van der Waals surface area contributed by atoms with Gasteiger partial charge in [0.15, 0.2) is 11.6 Å². The Kier molecular flexibility index (Phi) is 6.27. The van der Waals surface area contributed by atoms with E-state index in [2.05, 4.69) is 9.88 Å². The molecule has 0 aromatic carbocycles. The van der Waals surface area contributed by atoms with E-state index in [1.807, 2.05) is 0 Å². The summed E-state index contributed by atoms with van der Waals surface area (Å²) in [6.07, 6.45) is -2.87. The molecule has 0 radical (unpaired) electrons. The molecule has 12 heteroatoms. The number of aromatic nitrogens is 2. The molecule has 0 amide bonds. The molecule has 1 saturated heterocycles. The maximum Gasteiger partial charge on any atom is 0.490 e. The summed E-state index contributed by atoms with van der Waals surface area (Å²) in [6, 6.07) is 2.96. The van der Waals surface area contributed by atoms with Gasteiger partial charge in [0.2, 0.25) is 0 Å². The second kappa shape index (κ2) is 8.56. The van der Waals surface area contributed by atoms with Crippen molar-refractivity contribution in [3.8, 4) is 5.75 Å². The predicted molar refractivity (Wildman–Crippen MR) is 97.8 cm³/mol. The van der Waals surface area contributed by atoms with Crippen molar-refractivity contribution in [1.29, 1.82) is 0 Å². The van der Waals surface area contributed by atoms with E-state index in [4.69, 9.17) is 20.4 Å². The summed E-state index contributed by atoms with van der Waals surface area (Å²) in [6.45, 7) is 3.58. The summed E-state index contributed by atoms with van der Waals surface area (Å²) in [4.78, 5) is 27.7. The Bertz CT molecular complexity index is 995. The number of alkyl halides is 3. The van der Waals surface area contributed by atoms with Gasteiger partial charge >= 0.3 is 12.1 Å². The van der Waals surface area contributed by atoms with Gasteiger partial charge in [-0.2, -0.15) is 13.2 Å². The zero-order valence-corrected chi connectivity index (χ0v) is 15.7. The van der Waals surface area contributed by atoms with Crippen LogP contribution < -0.4 is 16.0 Å². The molecule has 2 aromatic heterocycles. The summed E-state index contributed by atoms with van der Waals surface area (Å²) in [5.41, 5.74) is 6.63. The fourth-order valence-electron chi connectivity index (χ4n) is 3.63. The first-order valence-electron chi connectivity index (χ1n) is 9.17. The zero-order chi connectivity index (χ0) is 22.1. The van der Waals surface area contributed by atoms with Crippen molar-refractivity contribution < 1.29 is 32.2 Å². The van der Waals surface area contributed by atoms with Crippen LogP contribution in [0.2, 0.25) is 0 Å². The van der Waals surface area contributed by atoms with Crippen molar-refractivity contribution >= 4 is 17.0 Å². The summed E-state index contributed by atoms with van der Waals surface area (Å²) < 4.78 is 53.0. The molecule has 0 bridgehead atoms. The number of carboxylic acids is 1. The lowest BCUT2D eigenvalue weighted by Crippen LogP contribution is -2.39. The Morgan fingerprint density at radius 2 is 2.07 bits per heavy atom. The number of likely N-dealkylation sites (tertiary alicyclic amines) is 1. The van der Waals surface area contributed by atoms with Gasteiger partial charge in [0, 0.05) is 19.2 Å². The van der Waals surface area contributed by atoms with E-state index in [1.165, 1.54) is 6.07 Å². The van der Waals surface area contributed by atoms with Crippen molar-refractivity contribution in [2.75, 3.05) is 32.8 Å². The third-order valence-corrected chi connectivity index (χ3v) is 5.05. The van der Waals surface area contributed by atoms with E-state index < -0.39 is 18.0 Å². The average molecular weight is 432 g/mol. The van der Waals surface area contributed by atoms with Crippen LogP contribution in [0.15, 0.2) is 23.1 Å². The van der Waals surface area contributed by atoms with E-state index in [-0.39, 0.29) is 24.0 Å². The minimum absolute atomic E-state index is 0.130. The Labute approximate surface area is 167 Å². The number of hydrogen-bond acceptors (Lipinski definition) is 6. The predicted octanol–water partition coefficient (Wildman–Crippen LogP) is 1.38. The minimum atomic E-state index is -5.08. The van der Waals surface area contributed by atoms with E-state index in [1.54, 1.807) is 10.6 Å². The van der Waals surface area contributed by atoms with E-state index in [0.29, 0.717) is 30.0 Å². The van der Waals surface area contributed by atoms with Gasteiger partial charge < -0.3 is 20.5 Å². The first-order chi connectivity index (χ1) is 14.1. The molecule has 2 atom stereocenters. The SMILES string of the molecule is NC[C@H]1CCN(C[C@@H]2COc3c(F)cnc4ccc(=O)n2c34)C1.O=C(O)C(F)(F)F. The third kappa shape index (κ3) is 4.54. The van der Waals surface area contributed by atoms with Crippen LogP contribution in [0, 0.1) is 11.7 Å². The molecule has 2 aromatic rings. The Hall–Kier alpha value is -2.73. The Morgan fingerprint density at radius 3 is 2.67 bits per heavy atom. The molecule has 0 aliphatic carbocycles. The maximum atomic E-state index is 14.0. The molecule has 4 rings (SSSR count). The topological polar surface area (TPSA) is 111 Å². The molecule has 1 fully saturated rings. The largest absolute Gasteiger partial charge is 0.490 e. The highest BCUT2D eigenvalue weighted by Gasteiger charge is 2.38. The van der Waals surface area contributed by atoms with Gasteiger partial charge in [-0.05, 0) is 31.5 Å². The van der Waals surface area contributed by atoms with Gasteiger partial charge in [0.05, 0.1) is 17.8 Å².